The predicted octanol–water partition coefficient (Wildman–Crippen LogP) is 1.77. The van der Waals surface area contributed by atoms with Gasteiger partial charge in [0.25, 0.3) is 0 Å². The van der Waals surface area contributed by atoms with Crippen LogP contribution in [0.5, 0.6) is 11.5 Å². The Morgan fingerprint density at radius 3 is 2.21 bits per heavy atom. The minimum absolute atomic E-state index is 0.0337. The number of benzene rings is 1. The molecule has 0 unspecified atom stereocenters. The molecule has 2 amide bonds. The highest BCUT2D eigenvalue weighted by atomic mass is 16.5. The number of hydrogen-bond donors (Lipinski definition) is 0. The largest absolute Gasteiger partial charge is 0.493 e. The standard InChI is InChI=1S/C21H23NO7/c1-27-17-8-7-13(11-18(17)28-2)16(23)12-29-19(24)9-10-22-20(25)14-5-3-4-6-15(14)21(22)26/h3-4,7-8,11,14-15H,5-6,9-10,12H2,1-2H3/t14-,15-/m1/s1. The molecule has 1 aromatic rings. The predicted molar refractivity (Wildman–Crippen MR) is 102 cm³/mol. The van der Waals surface area contributed by atoms with Gasteiger partial charge in [-0.25, -0.2) is 0 Å². The molecule has 2 atom stereocenters. The Morgan fingerprint density at radius 1 is 1.00 bits per heavy atom. The summed E-state index contributed by atoms with van der Waals surface area (Å²) in [7, 11) is 2.95. The van der Waals surface area contributed by atoms with E-state index in [2.05, 4.69) is 0 Å². The van der Waals surface area contributed by atoms with Crippen LogP contribution in [-0.2, 0) is 19.1 Å². The normalized spacial score (nSPS) is 20.4. The third-order valence-corrected chi connectivity index (χ3v) is 5.21. The number of rotatable bonds is 8. The quantitative estimate of drug-likeness (QED) is 0.283. The fourth-order valence-corrected chi connectivity index (χ4v) is 3.60. The van der Waals surface area contributed by atoms with Gasteiger partial charge in [-0.1, -0.05) is 12.2 Å². The summed E-state index contributed by atoms with van der Waals surface area (Å²) >= 11 is 0. The summed E-state index contributed by atoms with van der Waals surface area (Å²) < 4.78 is 15.3. The van der Waals surface area contributed by atoms with E-state index in [9.17, 15) is 19.2 Å². The number of amides is 2. The van der Waals surface area contributed by atoms with Gasteiger partial charge in [0.2, 0.25) is 11.8 Å². The first-order valence-corrected chi connectivity index (χ1v) is 9.37. The highest BCUT2D eigenvalue weighted by Gasteiger charge is 2.46. The lowest BCUT2D eigenvalue weighted by atomic mass is 9.85. The van der Waals surface area contributed by atoms with E-state index in [1.54, 1.807) is 12.1 Å². The Hall–Kier alpha value is -3.16. The number of ketones is 1. The molecule has 0 N–H and O–H groups in total. The van der Waals surface area contributed by atoms with E-state index in [1.165, 1.54) is 20.3 Å². The van der Waals surface area contributed by atoms with Gasteiger partial charge in [0.15, 0.2) is 23.9 Å². The number of ether oxygens (including phenoxy) is 3. The number of carbonyl (C=O) groups is 4. The lowest BCUT2D eigenvalue weighted by molar-refractivity contribution is -0.145. The van der Waals surface area contributed by atoms with Gasteiger partial charge in [-0.15, -0.1) is 0 Å². The SMILES string of the molecule is COc1ccc(C(=O)COC(=O)CCN2C(=O)[C@@H]3CC=CC[C@H]3C2=O)cc1OC. The van der Waals surface area contributed by atoms with Crippen LogP contribution < -0.4 is 9.47 Å². The number of nitrogens with zero attached hydrogens (tertiary/aromatic N) is 1. The average molecular weight is 401 g/mol. The second kappa shape index (κ2) is 8.89. The summed E-state index contributed by atoms with van der Waals surface area (Å²) in [4.78, 5) is 50.1. The Morgan fingerprint density at radius 2 is 1.62 bits per heavy atom. The van der Waals surface area contributed by atoms with Crippen molar-refractivity contribution >= 4 is 23.6 Å². The maximum absolute atomic E-state index is 12.4. The smallest absolute Gasteiger partial charge is 0.308 e. The molecule has 1 aliphatic carbocycles. The Labute approximate surface area is 168 Å². The lowest BCUT2D eigenvalue weighted by Gasteiger charge is -2.14. The van der Waals surface area contributed by atoms with Gasteiger partial charge < -0.3 is 14.2 Å². The molecule has 1 heterocycles. The third-order valence-electron chi connectivity index (χ3n) is 5.21. The first-order chi connectivity index (χ1) is 14.0. The second-order valence-corrected chi connectivity index (χ2v) is 6.89. The minimum Gasteiger partial charge on any atom is -0.493 e. The number of fused-ring (bicyclic) bond motifs is 1. The molecule has 8 heteroatoms. The zero-order chi connectivity index (χ0) is 21.0. The van der Waals surface area contributed by atoms with Gasteiger partial charge in [-0.05, 0) is 31.0 Å². The van der Waals surface area contributed by atoms with Gasteiger partial charge in [0.05, 0.1) is 32.5 Å². The molecule has 3 rings (SSSR count). The van der Waals surface area contributed by atoms with Gasteiger partial charge >= 0.3 is 5.97 Å². The van der Waals surface area contributed by atoms with Crippen LogP contribution >= 0.6 is 0 Å². The molecule has 154 valence electrons. The van der Waals surface area contributed by atoms with Crippen molar-refractivity contribution in [3.63, 3.8) is 0 Å². The zero-order valence-corrected chi connectivity index (χ0v) is 16.4. The molecule has 1 aromatic carbocycles. The van der Waals surface area contributed by atoms with E-state index in [1.807, 2.05) is 12.2 Å². The molecule has 8 nitrogen and oxygen atoms in total. The highest BCUT2D eigenvalue weighted by Crippen LogP contribution is 2.35. The van der Waals surface area contributed by atoms with Crippen LogP contribution in [0.4, 0.5) is 0 Å². The van der Waals surface area contributed by atoms with Gasteiger partial charge in [0.1, 0.15) is 0 Å². The summed E-state index contributed by atoms with van der Waals surface area (Å²) in [5, 5.41) is 0. The van der Waals surface area contributed by atoms with E-state index in [-0.39, 0.29) is 36.6 Å². The van der Waals surface area contributed by atoms with Crippen LogP contribution in [0, 0.1) is 11.8 Å². The van der Waals surface area contributed by atoms with E-state index in [0.717, 1.165) is 4.90 Å². The maximum atomic E-state index is 12.4. The van der Waals surface area contributed by atoms with Crippen LogP contribution in [0.2, 0.25) is 0 Å². The number of hydrogen-bond acceptors (Lipinski definition) is 7. The summed E-state index contributed by atoms with van der Waals surface area (Å²) in [6, 6.07) is 4.65. The molecular weight excluding hydrogens is 378 g/mol. The summed E-state index contributed by atoms with van der Waals surface area (Å²) in [6.07, 6.45) is 4.77. The van der Waals surface area contributed by atoms with Crippen LogP contribution in [0.1, 0.15) is 29.6 Å². The minimum atomic E-state index is -0.646. The summed E-state index contributed by atoms with van der Waals surface area (Å²) in [6.45, 7) is -0.473. The average Bonchev–Trinajstić information content (AvgIpc) is 3.00. The molecule has 1 fully saturated rings. The number of allylic oxidation sites excluding steroid dienone is 2. The maximum Gasteiger partial charge on any atom is 0.308 e. The number of esters is 1. The molecule has 0 saturated carbocycles. The molecule has 1 saturated heterocycles. The number of carbonyl (C=O) groups excluding carboxylic acids is 4. The monoisotopic (exact) mass is 401 g/mol. The molecule has 0 aromatic heterocycles. The molecule has 2 aliphatic rings. The van der Waals surface area contributed by atoms with Gasteiger partial charge in [-0.3, -0.25) is 24.1 Å². The number of methoxy groups -OCH3 is 2. The Bertz CT molecular complexity index is 835. The number of imide groups is 1. The number of Topliss-reactive ketones (excluding diaryl/α,β-unsaturated/α-hetero) is 1. The van der Waals surface area contributed by atoms with Crippen LogP contribution in [0.25, 0.3) is 0 Å². The van der Waals surface area contributed by atoms with Crippen molar-refractivity contribution in [2.75, 3.05) is 27.4 Å². The molecule has 0 bridgehead atoms. The topological polar surface area (TPSA) is 99.2 Å². The van der Waals surface area contributed by atoms with E-state index in [0.29, 0.717) is 29.9 Å². The fourth-order valence-electron chi connectivity index (χ4n) is 3.60. The van der Waals surface area contributed by atoms with Gasteiger partial charge in [0, 0.05) is 12.1 Å². The summed E-state index contributed by atoms with van der Waals surface area (Å²) in [5.74, 6) is -1.29. The molecular formula is C21H23NO7. The van der Waals surface area contributed by atoms with E-state index < -0.39 is 18.4 Å². The first kappa shape index (κ1) is 20.6. The molecule has 0 spiro atoms. The molecule has 29 heavy (non-hydrogen) atoms. The highest BCUT2D eigenvalue weighted by molar-refractivity contribution is 6.05. The lowest BCUT2D eigenvalue weighted by Crippen LogP contribution is -2.33. The Kier molecular flexibility index (Phi) is 6.31. The second-order valence-electron chi connectivity index (χ2n) is 6.89. The van der Waals surface area contributed by atoms with E-state index >= 15 is 0 Å². The van der Waals surface area contributed by atoms with Crippen molar-refractivity contribution in [3.8, 4) is 11.5 Å². The first-order valence-electron chi connectivity index (χ1n) is 9.37. The van der Waals surface area contributed by atoms with Crippen LogP contribution in [-0.4, -0.2) is 55.8 Å². The summed E-state index contributed by atoms with van der Waals surface area (Å²) in [5.41, 5.74) is 0.317. The van der Waals surface area contributed by atoms with Gasteiger partial charge in [-0.2, -0.15) is 0 Å². The molecule has 1 aliphatic heterocycles. The van der Waals surface area contributed by atoms with Crippen molar-refractivity contribution in [1.29, 1.82) is 0 Å². The fraction of sp³-hybridized carbons (Fsp3) is 0.429. The third kappa shape index (κ3) is 4.31. The zero-order valence-electron chi connectivity index (χ0n) is 16.4. The van der Waals surface area contributed by atoms with Crippen LogP contribution in [0.15, 0.2) is 30.4 Å². The van der Waals surface area contributed by atoms with Crippen molar-refractivity contribution < 1.29 is 33.4 Å². The van der Waals surface area contributed by atoms with E-state index in [4.69, 9.17) is 14.2 Å². The van der Waals surface area contributed by atoms with Crippen molar-refractivity contribution in [1.82, 2.24) is 4.90 Å². The van der Waals surface area contributed by atoms with Crippen LogP contribution in [0.3, 0.4) is 0 Å². The number of likely N-dealkylation sites (tertiary alicyclic amines) is 1. The van der Waals surface area contributed by atoms with Crippen molar-refractivity contribution in [3.05, 3.63) is 35.9 Å². The Balaban J connectivity index is 1.50. The van der Waals surface area contributed by atoms with Crippen molar-refractivity contribution in [2.45, 2.75) is 19.3 Å². The molecule has 0 radical (unpaired) electrons. The van der Waals surface area contributed by atoms with Crippen molar-refractivity contribution in [2.24, 2.45) is 11.8 Å².